The van der Waals surface area contributed by atoms with Crippen LogP contribution in [0.5, 0.6) is 0 Å². The van der Waals surface area contributed by atoms with Gasteiger partial charge < -0.3 is 14.9 Å². The highest BCUT2D eigenvalue weighted by Gasteiger charge is 2.10. The molecule has 0 unspecified atom stereocenters. The lowest BCUT2D eigenvalue weighted by molar-refractivity contribution is -0.146. The SMILES string of the molecule is CCCCCCCCOC(=O)C[C@@H](O)CO. The quantitative estimate of drug-likeness (QED) is 0.444. The van der Waals surface area contributed by atoms with Gasteiger partial charge in [-0.25, -0.2) is 0 Å². The molecule has 0 rings (SSSR count). The van der Waals surface area contributed by atoms with Crippen molar-refractivity contribution in [3.8, 4) is 0 Å². The highest BCUT2D eigenvalue weighted by molar-refractivity contribution is 5.69. The van der Waals surface area contributed by atoms with Crippen molar-refractivity contribution in [2.45, 2.75) is 58.0 Å². The van der Waals surface area contributed by atoms with Crippen LogP contribution in [0.3, 0.4) is 0 Å². The van der Waals surface area contributed by atoms with Crippen molar-refractivity contribution >= 4 is 5.97 Å². The first-order valence-electron chi connectivity index (χ1n) is 6.15. The summed E-state index contributed by atoms with van der Waals surface area (Å²) >= 11 is 0. The van der Waals surface area contributed by atoms with E-state index in [1.54, 1.807) is 0 Å². The summed E-state index contributed by atoms with van der Waals surface area (Å²) in [6, 6.07) is 0. The molecule has 0 aliphatic rings. The van der Waals surface area contributed by atoms with Crippen LogP contribution in [0.1, 0.15) is 51.9 Å². The second-order valence-electron chi connectivity index (χ2n) is 4.03. The molecule has 0 aliphatic carbocycles. The number of aliphatic hydroxyl groups excluding tert-OH is 2. The summed E-state index contributed by atoms with van der Waals surface area (Å²) in [4.78, 5) is 11.1. The van der Waals surface area contributed by atoms with Crippen LogP contribution in [0.25, 0.3) is 0 Å². The van der Waals surface area contributed by atoms with Crippen molar-refractivity contribution in [2.24, 2.45) is 0 Å². The van der Waals surface area contributed by atoms with Crippen molar-refractivity contribution in [3.05, 3.63) is 0 Å². The minimum absolute atomic E-state index is 0.119. The van der Waals surface area contributed by atoms with E-state index in [1.165, 1.54) is 25.7 Å². The maximum absolute atomic E-state index is 11.1. The first-order chi connectivity index (χ1) is 7.70. The summed E-state index contributed by atoms with van der Waals surface area (Å²) in [5.74, 6) is -0.435. The molecule has 0 saturated carbocycles. The number of carbonyl (C=O) groups is 1. The van der Waals surface area contributed by atoms with Gasteiger partial charge in [-0.05, 0) is 6.42 Å². The zero-order valence-corrected chi connectivity index (χ0v) is 10.2. The standard InChI is InChI=1S/C12H24O4/c1-2-3-4-5-6-7-8-16-12(15)9-11(14)10-13/h11,13-14H,2-10H2,1H3/t11-/m1/s1. The molecule has 0 fully saturated rings. The van der Waals surface area contributed by atoms with Crippen LogP contribution < -0.4 is 0 Å². The lowest BCUT2D eigenvalue weighted by Gasteiger charge is -2.07. The van der Waals surface area contributed by atoms with E-state index in [9.17, 15) is 4.79 Å². The van der Waals surface area contributed by atoms with Crippen molar-refractivity contribution in [2.75, 3.05) is 13.2 Å². The van der Waals surface area contributed by atoms with Gasteiger partial charge >= 0.3 is 5.97 Å². The molecule has 0 spiro atoms. The van der Waals surface area contributed by atoms with Gasteiger partial charge in [0.2, 0.25) is 0 Å². The molecule has 0 amide bonds. The Bertz CT molecular complexity index is 170. The molecule has 4 nitrogen and oxygen atoms in total. The number of hydrogen-bond donors (Lipinski definition) is 2. The summed E-state index contributed by atoms with van der Waals surface area (Å²) in [6.45, 7) is 2.20. The number of esters is 1. The van der Waals surface area contributed by atoms with Gasteiger partial charge in [0, 0.05) is 0 Å². The normalized spacial score (nSPS) is 12.4. The molecule has 2 N–H and O–H groups in total. The third-order valence-electron chi connectivity index (χ3n) is 2.37. The van der Waals surface area contributed by atoms with Gasteiger partial charge in [-0.3, -0.25) is 4.79 Å². The fourth-order valence-electron chi connectivity index (χ4n) is 1.38. The summed E-state index contributed by atoms with van der Waals surface area (Å²) in [7, 11) is 0. The first kappa shape index (κ1) is 15.4. The van der Waals surface area contributed by atoms with E-state index in [4.69, 9.17) is 14.9 Å². The summed E-state index contributed by atoms with van der Waals surface area (Å²) in [5.41, 5.74) is 0. The highest BCUT2D eigenvalue weighted by atomic mass is 16.5. The topological polar surface area (TPSA) is 66.8 Å². The molecule has 1 atom stereocenters. The fourth-order valence-corrected chi connectivity index (χ4v) is 1.38. The lowest BCUT2D eigenvalue weighted by Crippen LogP contribution is -2.19. The van der Waals surface area contributed by atoms with Crippen molar-refractivity contribution in [1.82, 2.24) is 0 Å². The second-order valence-corrected chi connectivity index (χ2v) is 4.03. The Hall–Kier alpha value is -0.610. The van der Waals surface area contributed by atoms with Gasteiger partial charge in [-0.2, -0.15) is 0 Å². The Kier molecular flexibility index (Phi) is 10.5. The molecule has 0 bridgehead atoms. The van der Waals surface area contributed by atoms with Gasteiger partial charge in [-0.15, -0.1) is 0 Å². The van der Waals surface area contributed by atoms with Crippen LogP contribution in [-0.4, -0.2) is 35.5 Å². The number of hydrogen-bond acceptors (Lipinski definition) is 4. The Labute approximate surface area is 97.6 Å². The predicted molar refractivity (Wildman–Crippen MR) is 62.0 cm³/mol. The Morgan fingerprint density at radius 2 is 1.81 bits per heavy atom. The van der Waals surface area contributed by atoms with E-state index < -0.39 is 18.7 Å². The molecule has 0 heterocycles. The number of carbonyl (C=O) groups excluding carboxylic acids is 1. The maximum Gasteiger partial charge on any atom is 0.308 e. The number of ether oxygens (including phenoxy) is 1. The molecular formula is C12H24O4. The third-order valence-corrected chi connectivity index (χ3v) is 2.37. The molecule has 0 saturated heterocycles. The largest absolute Gasteiger partial charge is 0.466 e. The maximum atomic E-state index is 11.1. The molecule has 0 aromatic rings. The fraction of sp³-hybridized carbons (Fsp3) is 0.917. The van der Waals surface area contributed by atoms with Crippen LogP contribution in [-0.2, 0) is 9.53 Å². The lowest BCUT2D eigenvalue weighted by atomic mass is 10.1. The van der Waals surface area contributed by atoms with Crippen molar-refractivity contribution in [3.63, 3.8) is 0 Å². The van der Waals surface area contributed by atoms with Crippen LogP contribution in [0.15, 0.2) is 0 Å². The van der Waals surface area contributed by atoms with Gasteiger partial charge in [0.1, 0.15) is 0 Å². The summed E-state index contributed by atoms with van der Waals surface area (Å²) in [5, 5.41) is 17.5. The Morgan fingerprint density at radius 3 is 2.44 bits per heavy atom. The summed E-state index contributed by atoms with van der Waals surface area (Å²) < 4.78 is 4.91. The average molecular weight is 232 g/mol. The first-order valence-corrected chi connectivity index (χ1v) is 6.15. The van der Waals surface area contributed by atoms with Crippen molar-refractivity contribution < 1.29 is 19.7 Å². The molecule has 16 heavy (non-hydrogen) atoms. The van der Waals surface area contributed by atoms with E-state index in [-0.39, 0.29) is 6.42 Å². The van der Waals surface area contributed by atoms with E-state index in [2.05, 4.69) is 6.92 Å². The Balaban J connectivity index is 3.21. The molecule has 0 radical (unpaired) electrons. The average Bonchev–Trinajstić information content (AvgIpc) is 2.27. The highest BCUT2D eigenvalue weighted by Crippen LogP contribution is 2.05. The monoisotopic (exact) mass is 232 g/mol. The van der Waals surface area contributed by atoms with Crippen LogP contribution in [0.2, 0.25) is 0 Å². The van der Waals surface area contributed by atoms with Gasteiger partial charge in [0.25, 0.3) is 0 Å². The molecule has 0 aromatic heterocycles. The zero-order valence-electron chi connectivity index (χ0n) is 10.2. The van der Waals surface area contributed by atoms with Gasteiger partial charge in [0.15, 0.2) is 0 Å². The number of unbranched alkanes of at least 4 members (excludes halogenated alkanes) is 5. The van der Waals surface area contributed by atoms with Gasteiger partial charge in [0.05, 0.1) is 25.7 Å². The molecule has 0 aromatic carbocycles. The minimum Gasteiger partial charge on any atom is -0.466 e. The molecule has 4 heteroatoms. The van der Waals surface area contributed by atoms with E-state index in [0.29, 0.717) is 6.61 Å². The molecular weight excluding hydrogens is 208 g/mol. The van der Waals surface area contributed by atoms with E-state index >= 15 is 0 Å². The van der Waals surface area contributed by atoms with Crippen LogP contribution in [0.4, 0.5) is 0 Å². The van der Waals surface area contributed by atoms with E-state index in [0.717, 1.165) is 12.8 Å². The van der Waals surface area contributed by atoms with E-state index in [1.807, 2.05) is 0 Å². The van der Waals surface area contributed by atoms with Crippen molar-refractivity contribution in [1.29, 1.82) is 0 Å². The number of rotatable bonds is 10. The predicted octanol–water partition coefficient (Wildman–Crippen LogP) is 1.63. The van der Waals surface area contributed by atoms with Gasteiger partial charge in [-0.1, -0.05) is 39.0 Å². The molecule has 96 valence electrons. The van der Waals surface area contributed by atoms with Crippen LogP contribution >= 0.6 is 0 Å². The second kappa shape index (κ2) is 10.9. The third kappa shape index (κ3) is 9.93. The Morgan fingerprint density at radius 1 is 1.19 bits per heavy atom. The smallest absolute Gasteiger partial charge is 0.308 e. The zero-order chi connectivity index (χ0) is 12.2. The molecule has 0 aliphatic heterocycles. The van der Waals surface area contributed by atoms with Crippen LogP contribution in [0, 0.1) is 0 Å². The minimum atomic E-state index is -0.989. The summed E-state index contributed by atoms with van der Waals surface area (Å²) in [6.07, 6.45) is 5.78. The number of aliphatic hydroxyl groups is 2.